The number of nitrogens with zero attached hydrogens (tertiary/aromatic N) is 1. The zero-order valence-corrected chi connectivity index (χ0v) is 15.2. The van der Waals surface area contributed by atoms with Gasteiger partial charge in [0.2, 0.25) is 0 Å². The summed E-state index contributed by atoms with van der Waals surface area (Å²) in [5.74, 6) is 0. The van der Waals surface area contributed by atoms with Gasteiger partial charge in [0.25, 0.3) is 0 Å². The number of halogens is 3. The van der Waals surface area contributed by atoms with E-state index < -0.39 is 11.7 Å². The fraction of sp³-hybridized carbons (Fsp3) is 0.368. The SMILES string of the molecule is CCNc1cc(C(F)(F)F)cc2c1Nc1ccc(N3CCCC3)cc1S2. The van der Waals surface area contributed by atoms with Gasteiger partial charge in [0, 0.05) is 35.1 Å². The standard InChI is InChI=1S/C19H20F3N3S/c1-2-23-15-9-12(19(20,21)22)10-17-18(15)24-14-6-5-13(11-16(14)26-17)25-7-3-4-8-25/h5-6,9-11,23-24H,2-4,7-8H2,1H3. The van der Waals surface area contributed by atoms with Crippen molar-refractivity contribution in [3.63, 3.8) is 0 Å². The lowest BCUT2D eigenvalue weighted by Crippen LogP contribution is -2.17. The Hall–Kier alpha value is -2.02. The smallest absolute Gasteiger partial charge is 0.384 e. The van der Waals surface area contributed by atoms with Gasteiger partial charge in [-0.1, -0.05) is 11.8 Å². The van der Waals surface area contributed by atoms with Crippen LogP contribution in [0.3, 0.4) is 0 Å². The van der Waals surface area contributed by atoms with Crippen LogP contribution in [0.15, 0.2) is 40.1 Å². The highest BCUT2D eigenvalue weighted by molar-refractivity contribution is 7.99. The van der Waals surface area contributed by atoms with E-state index in [1.807, 2.05) is 13.0 Å². The molecule has 0 saturated carbocycles. The van der Waals surface area contributed by atoms with Gasteiger partial charge in [-0.05, 0) is 50.1 Å². The summed E-state index contributed by atoms with van der Waals surface area (Å²) in [6.45, 7) is 4.51. The number of rotatable bonds is 3. The van der Waals surface area contributed by atoms with Gasteiger partial charge in [-0.2, -0.15) is 13.2 Å². The number of fused-ring (bicyclic) bond motifs is 2. The number of hydrogen-bond acceptors (Lipinski definition) is 4. The van der Waals surface area contributed by atoms with Gasteiger partial charge < -0.3 is 15.5 Å². The maximum absolute atomic E-state index is 13.3. The molecule has 3 nitrogen and oxygen atoms in total. The first-order chi connectivity index (χ1) is 12.5. The second kappa shape index (κ2) is 6.61. The zero-order chi connectivity index (χ0) is 18.3. The molecule has 1 saturated heterocycles. The van der Waals surface area contributed by atoms with Crippen LogP contribution in [0.1, 0.15) is 25.3 Å². The van der Waals surface area contributed by atoms with E-state index >= 15 is 0 Å². The second-order valence-electron chi connectivity index (χ2n) is 6.53. The number of nitrogens with one attached hydrogen (secondary N) is 2. The molecule has 0 bridgehead atoms. The van der Waals surface area contributed by atoms with E-state index in [9.17, 15) is 13.2 Å². The Balaban J connectivity index is 1.73. The Morgan fingerprint density at radius 2 is 1.88 bits per heavy atom. The highest BCUT2D eigenvalue weighted by Crippen LogP contribution is 2.50. The number of alkyl halides is 3. The average Bonchev–Trinajstić information content (AvgIpc) is 3.13. The van der Waals surface area contributed by atoms with Crippen LogP contribution in [0.5, 0.6) is 0 Å². The molecule has 7 heteroatoms. The highest BCUT2D eigenvalue weighted by Gasteiger charge is 2.33. The van der Waals surface area contributed by atoms with Crippen LogP contribution in [0, 0.1) is 0 Å². The summed E-state index contributed by atoms with van der Waals surface area (Å²) in [7, 11) is 0. The summed E-state index contributed by atoms with van der Waals surface area (Å²) in [5.41, 5.74) is 2.65. The molecule has 4 rings (SSSR count). The van der Waals surface area contributed by atoms with Gasteiger partial charge in [-0.15, -0.1) is 0 Å². The minimum absolute atomic E-state index is 0.485. The first-order valence-corrected chi connectivity index (χ1v) is 9.60. The van der Waals surface area contributed by atoms with Crippen LogP contribution in [0.25, 0.3) is 0 Å². The summed E-state index contributed by atoms with van der Waals surface area (Å²) in [6, 6.07) is 8.60. The summed E-state index contributed by atoms with van der Waals surface area (Å²) >= 11 is 1.40. The highest BCUT2D eigenvalue weighted by atomic mass is 32.2. The summed E-state index contributed by atoms with van der Waals surface area (Å²) in [4.78, 5) is 3.89. The molecule has 0 atom stereocenters. The summed E-state index contributed by atoms with van der Waals surface area (Å²) in [6.07, 6.45) is -1.99. The second-order valence-corrected chi connectivity index (χ2v) is 7.61. The van der Waals surface area contributed by atoms with Crippen LogP contribution in [0.2, 0.25) is 0 Å². The number of anilines is 4. The normalized spacial score (nSPS) is 16.1. The van der Waals surface area contributed by atoms with Gasteiger partial charge in [-0.25, -0.2) is 0 Å². The maximum Gasteiger partial charge on any atom is 0.416 e. The van der Waals surface area contributed by atoms with E-state index in [2.05, 4.69) is 27.7 Å². The van der Waals surface area contributed by atoms with E-state index in [-0.39, 0.29) is 0 Å². The molecule has 0 spiro atoms. The zero-order valence-electron chi connectivity index (χ0n) is 14.4. The minimum atomic E-state index is -4.36. The third-order valence-electron chi connectivity index (χ3n) is 4.71. The Kier molecular flexibility index (Phi) is 4.42. The van der Waals surface area contributed by atoms with Crippen LogP contribution in [-0.2, 0) is 6.18 Å². The molecule has 0 aromatic heterocycles. The molecule has 26 heavy (non-hydrogen) atoms. The third-order valence-corrected chi connectivity index (χ3v) is 5.81. The molecular weight excluding hydrogens is 359 g/mol. The molecule has 2 aromatic carbocycles. The van der Waals surface area contributed by atoms with Crippen molar-refractivity contribution in [2.75, 3.05) is 35.2 Å². The van der Waals surface area contributed by atoms with Crippen LogP contribution in [0.4, 0.5) is 35.9 Å². The Morgan fingerprint density at radius 1 is 1.12 bits per heavy atom. The lowest BCUT2D eigenvalue weighted by atomic mass is 10.1. The molecule has 0 radical (unpaired) electrons. The fourth-order valence-electron chi connectivity index (χ4n) is 3.44. The molecule has 2 N–H and O–H groups in total. The lowest BCUT2D eigenvalue weighted by molar-refractivity contribution is -0.137. The van der Waals surface area contributed by atoms with Crippen LogP contribution < -0.4 is 15.5 Å². The Morgan fingerprint density at radius 3 is 2.58 bits per heavy atom. The molecule has 2 aromatic rings. The first kappa shape index (κ1) is 17.4. The van der Waals surface area contributed by atoms with Crippen molar-refractivity contribution >= 4 is 34.5 Å². The van der Waals surface area contributed by atoms with Crippen LogP contribution >= 0.6 is 11.8 Å². The van der Waals surface area contributed by atoms with Crippen molar-refractivity contribution < 1.29 is 13.2 Å². The topological polar surface area (TPSA) is 27.3 Å². The van der Waals surface area contributed by atoms with E-state index in [1.54, 1.807) is 0 Å². The van der Waals surface area contributed by atoms with E-state index in [4.69, 9.17) is 0 Å². The molecule has 138 valence electrons. The van der Waals surface area contributed by atoms with E-state index in [1.165, 1.54) is 36.7 Å². The van der Waals surface area contributed by atoms with Gasteiger partial charge in [-0.3, -0.25) is 0 Å². The predicted octanol–water partition coefficient (Wildman–Crippen LogP) is 5.95. The quantitative estimate of drug-likeness (QED) is 0.588. The molecule has 1 fully saturated rings. The fourth-order valence-corrected chi connectivity index (χ4v) is 4.54. The first-order valence-electron chi connectivity index (χ1n) is 8.78. The van der Waals surface area contributed by atoms with Crippen molar-refractivity contribution in [1.82, 2.24) is 0 Å². The summed E-state index contributed by atoms with van der Waals surface area (Å²) in [5, 5.41) is 6.37. The molecule has 2 heterocycles. The van der Waals surface area contributed by atoms with E-state index in [0.717, 1.165) is 29.4 Å². The minimum Gasteiger partial charge on any atom is -0.384 e. The third kappa shape index (κ3) is 3.20. The predicted molar refractivity (Wildman–Crippen MR) is 101 cm³/mol. The van der Waals surface area contributed by atoms with Crippen molar-refractivity contribution in [3.8, 4) is 0 Å². The van der Waals surface area contributed by atoms with E-state index in [0.29, 0.717) is 22.8 Å². The van der Waals surface area contributed by atoms with Gasteiger partial charge in [0.1, 0.15) is 0 Å². The van der Waals surface area contributed by atoms with Gasteiger partial charge in [0.15, 0.2) is 0 Å². The van der Waals surface area contributed by atoms with Crippen LogP contribution in [-0.4, -0.2) is 19.6 Å². The number of hydrogen-bond donors (Lipinski definition) is 2. The van der Waals surface area contributed by atoms with Crippen molar-refractivity contribution in [2.24, 2.45) is 0 Å². The van der Waals surface area contributed by atoms with Gasteiger partial charge in [0.05, 0.1) is 22.6 Å². The molecular formula is C19H20F3N3S. The molecule has 0 aliphatic carbocycles. The maximum atomic E-state index is 13.3. The molecule has 2 aliphatic rings. The van der Waals surface area contributed by atoms with Crippen molar-refractivity contribution in [1.29, 1.82) is 0 Å². The Labute approximate surface area is 155 Å². The Bertz CT molecular complexity index is 830. The molecule has 2 aliphatic heterocycles. The molecule has 0 unspecified atom stereocenters. The monoisotopic (exact) mass is 379 g/mol. The largest absolute Gasteiger partial charge is 0.416 e. The summed E-state index contributed by atoms with van der Waals surface area (Å²) < 4.78 is 39.8. The van der Waals surface area contributed by atoms with Gasteiger partial charge >= 0.3 is 6.18 Å². The molecule has 0 amide bonds. The average molecular weight is 379 g/mol. The number of benzene rings is 2. The lowest BCUT2D eigenvalue weighted by Gasteiger charge is -2.27. The van der Waals surface area contributed by atoms with Crippen molar-refractivity contribution in [2.45, 2.75) is 35.7 Å². The van der Waals surface area contributed by atoms with Crippen molar-refractivity contribution in [3.05, 3.63) is 35.9 Å².